The molecule has 14 aromatic rings. The standard InChI is InChI=1S/C17H18.C14H17N.2C14H16.C13H19N.C13H15N.C11H14N2.C10H12N2S/c1-17(2,3)16-10-6-9-14-13-8-5-4-7-12(13)11-15(14)16;1-10-8-9-11-6-5-7-12(13(11)15-10)14(2,3)4;1-14(2,3)13-10-6-8-11-7-4-5-9-12(11)13;1-14(2,3)13-9-8-11-6-4-5-7-12(11)10-13;1-13(2,3)11-7-4-8-12-10(11)6-5-9-14-12;1-13(2,3)11-6-7-12-10(9-11)5-4-8-14-12;1-11(2,3)9-5-4-8-7-12-13-10(8)6-9;1-10(2,3)7-5-4-6-8-9(7)12-13-11-8/h4-10H,11H2,1-3H3;5-9H,1-4H3;2*4-10H,1-3H3;4,7-8,14H,5-6,9H2,1-3H3;4-9H,1-3H3;4-6H,7H2,1-3H3;4-6H,1-3H3. The third-order valence-electron chi connectivity index (χ3n) is 21.4. The molecule has 0 spiro atoms. The zero-order valence-electron chi connectivity index (χ0n) is 73.3. The Bertz CT molecular complexity index is 5520. The van der Waals surface area contributed by atoms with Crippen LogP contribution in [0.3, 0.4) is 0 Å². The van der Waals surface area contributed by atoms with Crippen LogP contribution in [0.4, 0.5) is 11.4 Å². The fraction of sp³-hybridized carbons (Fsp3) is 0.358. The average molecular weight is 1530 g/mol. The Morgan fingerprint density at radius 1 is 0.342 bits per heavy atom. The average Bonchev–Trinajstić information content (AvgIpc) is 1.66. The smallest absolute Gasteiger partial charge is 0.108 e. The minimum atomic E-state index is 0.148. The van der Waals surface area contributed by atoms with Gasteiger partial charge in [0.1, 0.15) is 11.0 Å². The maximum atomic E-state index is 4.64. The zero-order chi connectivity index (χ0) is 82.8. The second-order valence-corrected chi connectivity index (χ2v) is 39.6. The highest BCUT2D eigenvalue weighted by molar-refractivity contribution is 7.00. The second-order valence-electron chi connectivity index (χ2n) is 39.0. The summed E-state index contributed by atoms with van der Waals surface area (Å²) in [4.78, 5) is 8.95. The van der Waals surface area contributed by atoms with Crippen molar-refractivity contribution >= 4 is 77.5 Å². The molecule has 0 fully saturated rings. The summed E-state index contributed by atoms with van der Waals surface area (Å²) in [6.07, 6.45) is 5.42. The van der Waals surface area contributed by atoms with Crippen LogP contribution < -0.4 is 5.32 Å². The lowest BCUT2D eigenvalue weighted by atomic mass is 9.81. The number of aromatic nitrogens is 4. The zero-order valence-corrected chi connectivity index (χ0v) is 74.1. The number of fused-ring (bicyclic) bond motifs is 10. The number of nitrogens with zero attached hydrogens (tertiary/aromatic N) is 6. The van der Waals surface area contributed by atoms with E-state index in [0.717, 1.165) is 53.0 Å². The van der Waals surface area contributed by atoms with Gasteiger partial charge in [0, 0.05) is 40.5 Å². The summed E-state index contributed by atoms with van der Waals surface area (Å²) in [6.45, 7) is 57.8. The van der Waals surface area contributed by atoms with Crippen LogP contribution in [-0.2, 0) is 62.7 Å². The first-order valence-corrected chi connectivity index (χ1v) is 41.8. The van der Waals surface area contributed by atoms with Gasteiger partial charge >= 0.3 is 0 Å². The highest BCUT2D eigenvalue weighted by Crippen LogP contribution is 2.43. The van der Waals surface area contributed by atoms with Gasteiger partial charge in [-0.05, 0) is 206 Å². The molecule has 3 aliphatic rings. The lowest BCUT2D eigenvalue weighted by Gasteiger charge is -2.28. The Balaban J connectivity index is 0.000000138. The van der Waals surface area contributed by atoms with E-state index in [0.29, 0.717) is 0 Å². The third-order valence-corrected chi connectivity index (χ3v) is 21.9. The molecule has 7 nitrogen and oxygen atoms in total. The molecule has 17 rings (SSSR count). The Morgan fingerprint density at radius 2 is 0.833 bits per heavy atom. The molecule has 0 saturated carbocycles. The number of para-hydroxylation sites is 1. The fourth-order valence-electron chi connectivity index (χ4n) is 14.9. The Labute approximate surface area is 688 Å². The molecule has 592 valence electrons. The summed E-state index contributed by atoms with van der Waals surface area (Å²) >= 11 is 1.28. The Morgan fingerprint density at radius 3 is 1.49 bits per heavy atom. The topological polar surface area (TPSA) is 88.3 Å². The van der Waals surface area contributed by atoms with Crippen LogP contribution in [0.2, 0.25) is 0 Å². The largest absolute Gasteiger partial charge is 0.385 e. The highest BCUT2D eigenvalue weighted by Gasteiger charge is 2.27. The second kappa shape index (κ2) is 35.8. The Hall–Kier alpha value is -10.0. The van der Waals surface area contributed by atoms with Gasteiger partial charge in [0.15, 0.2) is 0 Å². The van der Waals surface area contributed by atoms with Crippen molar-refractivity contribution in [3.8, 4) is 11.1 Å². The SMILES string of the molecule is CC(C)(C)c1ccc2c(c1)N=NC2.CC(C)(C)c1ccc2ccccc2c1.CC(C)(C)c1ccc2ncccc2c1.CC(C)(C)c1cccc2c1CCCN2.CC(C)(C)c1cccc2c1Cc1ccccc1-2.CC(C)(C)c1cccc2ccccc12.CC(C)(C)c1cccc2nsnc12.Cc1ccc2cccc(C(C)(C)C)c2n1. The molecular formula is C106H127N7S. The van der Waals surface area contributed by atoms with Gasteiger partial charge in [-0.15, -0.1) is 0 Å². The van der Waals surface area contributed by atoms with E-state index in [1.54, 1.807) is 0 Å². The minimum absolute atomic E-state index is 0.148. The predicted octanol–water partition coefficient (Wildman–Crippen LogP) is 30.1. The molecule has 3 aromatic heterocycles. The van der Waals surface area contributed by atoms with Gasteiger partial charge in [-0.1, -0.05) is 366 Å². The molecule has 11 aromatic carbocycles. The maximum absolute atomic E-state index is 4.64. The number of hydrogen-bond acceptors (Lipinski definition) is 8. The van der Waals surface area contributed by atoms with Gasteiger partial charge in [-0.25, -0.2) is 0 Å². The van der Waals surface area contributed by atoms with E-state index in [1.165, 1.54) is 140 Å². The van der Waals surface area contributed by atoms with Gasteiger partial charge in [0.25, 0.3) is 0 Å². The maximum Gasteiger partial charge on any atom is 0.108 e. The number of anilines is 1. The molecule has 5 heterocycles. The van der Waals surface area contributed by atoms with Crippen LogP contribution in [0.1, 0.15) is 245 Å². The summed E-state index contributed by atoms with van der Waals surface area (Å²) in [7, 11) is 0. The number of nitrogens with one attached hydrogen (secondary N) is 1. The van der Waals surface area contributed by atoms with Crippen LogP contribution in [0.5, 0.6) is 0 Å². The molecule has 1 aliphatic carbocycles. The molecule has 0 unspecified atom stereocenters. The molecule has 0 saturated heterocycles. The van der Waals surface area contributed by atoms with E-state index in [-0.39, 0.29) is 43.3 Å². The molecule has 8 heteroatoms. The molecule has 1 N–H and O–H groups in total. The number of benzene rings is 11. The highest BCUT2D eigenvalue weighted by atomic mass is 32.1. The first-order valence-electron chi connectivity index (χ1n) is 41.0. The quantitative estimate of drug-likeness (QED) is 0.163. The number of rotatable bonds is 0. The minimum Gasteiger partial charge on any atom is -0.385 e. The van der Waals surface area contributed by atoms with Crippen molar-refractivity contribution in [2.75, 3.05) is 11.9 Å². The first-order chi connectivity index (χ1) is 53.5. The molecular weight excluding hydrogens is 1400 g/mol. The summed E-state index contributed by atoms with van der Waals surface area (Å²) in [6, 6.07) is 86.3. The molecule has 114 heavy (non-hydrogen) atoms. The first kappa shape index (κ1) is 86.4. The van der Waals surface area contributed by atoms with E-state index in [1.807, 2.05) is 31.3 Å². The van der Waals surface area contributed by atoms with Crippen molar-refractivity contribution in [2.24, 2.45) is 10.2 Å². The number of hydrogen-bond donors (Lipinski definition) is 1. The van der Waals surface area contributed by atoms with E-state index < -0.39 is 0 Å². The predicted molar refractivity (Wildman–Crippen MR) is 496 cm³/mol. The van der Waals surface area contributed by atoms with Gasteiger partial charge in [0.2, 0.25) is 0 Å². The molecule has 0 amide bonds. The van der Waals surface area contributed by atoms with E-state index in [4.69, 9.17) is 0 Å². The van der Waals surface area contributed by atoms with Crippen LogP contribution in [0, 0.1) is 6.92 Å². The van der Waals surface area contributed by atoms with Crippen molar-refractivity contribution in [3.05, 3.63) is 321 Å². The van der Waals surface area contributed by atoms with E-state index in [2.05, 4.69) is 425 Å². The normalized spacial score (nSPS) is 13.0. The number of pyridine rings is 2. The van der Waals surface area contributed by atoms with Crippen LogP contribution >= 0.6 is 11.7 Å². The molecule has 0 atom stereocenters. The summed E-state index contributed by atoms with van der Waals surface area (Å²) < 4.78 is 8.54. The van der Waals surface area contributed by atoms with Crippen molar-refractivity contribution in [1.82, 2.24) is 18.7 Å². The lowest BCUT2D eigenvalue weighted by Crippen LogP contribution is -2.19. The van der Waals surface area contributed by atoms with Crippen LogP contribution in [0.25, 0.3) is 65.5 Å². The van der Waals surface area contributed by atoms with Crippen molar-refractivity contribution in [1.29, 1.82) is 0 Å². The monoisotopic (exact) mass is 1530 g/mol. The molecule has 0 radical (unpaired) electrons. The third kappa shape index (κ3) is 22.5. The van der Waals surface area contributed by atoms with Crippen LogP contribution in [-0.4, -0.2) is 25.3 Å². The molecule has 2 aliphatic heterocycles. The van der Waals surface area contributed by atoms with Gasteiger partial charge in [0.05, 0.1) is 35.0 Å². The van der Waals surface area contributed by atoms with Crippen molar-refractivity contribution < 1.29 is 0 Å². The van der Waals surface area contributed by atoms with Gasteiger partial charge < -0.3 is 5.32 Å². The van der Waals surface area contributed by atoms with E-state index >= 15 is 0 Å². The number of azo groups is 1. The van der Waals surface area contributed by atoms with Crippen LogP contribution in [0.15, 0.2) is 259 Å². The Kier molecular flexibility index (Phi) is 27.1. The fourth-order valence-corrected chi connectivity index (χ4v) is 15.4. The number of aryl methyl sites for hydroxylation is 1. The lowest BCUT2D eigenvalue weighted by molar-refractivity contribution is 0.579. The van der Waals surface area contributed by atoms with Gasteiger partial charge in [-0.2, -0.15) is 19.0 Å². The summed E-state index contributed by atoms with van der Waals surface area (Å²) in [5.74, 6) is 0. The summed E-state index contributed by atoms with van der Waals surface area (Å²) in [5, 5.41) is 19.4. The van der Waals surface area contributed by atoms with Crippen molar-refractivity contribution in [3.63, 3.8) is 0 Å². The van der Waals surface area contributed by atoms with E-state index in [9.17, 15) is 0 Å². The van der Waals surface area contributed by atoms with Crippen molar-refractivity contribution in [2.45, 2.75) is 242 Å². The summed E-state index contributed by atoms with van der Waals surface area (Å²) in [5.41, 5.74) is 29.2. The molecule has 0 bridgehead atoms. The van der Waals surface area contributed by atoms with Gasteiger partial charge in [-0.3, -0.25) is 9.97 Å².